The summed E-state index contributed by atoms with van der Waals surface area (Å²) in [6, 6.07) is 20.2. The van der Waals surface area contributed by atoms with Crippen molar-refractivity contribution >= 4 is 11.7 Å². The number of aryl methyl sites for hydroxylation is 1. The SMILES string of the molecule is Cc1ccc(-c2cn(-c3ccc(F)cc3)c(CC(=O)N3CCN(c4ccccn4)CC3)n2)cc1. The van der Waals surface area contributed by atoms with E-state index in [0.29, 0.717) is 18.9 Å². The van der Waals surface area contributed by atoms with E-state index in [0.717, 1.165) is 35.9 Å². The molecule has 2 aromatic carbocycles. The lowest BCUT2D eigenvalue weighted by atomic mass is 10.1. The number of anilines is 1. The predicted molar refractivity (Wildman–Crippen MR) is 130 cm³/mol. The van der Waals surface area contributed by atoms with Crippen LogP contribution in [0.15, 0.2) is 79.1 Å². The van der Waals surface area contributed by atoms with E-state index in [1.165, 1.54) is 17.7 Å². The number of rotatable bonds is 5. The van der Waals surface area contributed by atoms with Gasteiger partial charge in [-0.15, -0.1) is 0 Å². The second kappa shape index (κ2) is 9.47. The van der Waals surface area contributed by atoms with Crippen molar-refractivity contribution in [3.05, 3.63) is 96.3 Å². The highest BCUT2D eigenvalue weighted by Crippen LogP contribution is 2.23. The average molecular weight is 456 g/mol. The molecule has 1 fully saturated rings. The van der Waals surface area contributed by atoms with Gasteiger partial charge in [0.05, 0.1) is 12.1 Å². The molecule has 7 heteroatoms. The topological polar surface area (TPSA) is 54.3 Å². The minimum Gasteiger partial charge on any atom is -0.353 e. The number of hydrogen-bond donors (Lipinski definition) is 0. The zero-order chi connectivity index (χ0) is 23.5. The van der Waals surface area contributed by atoms with Crippen LogP contribution in [0.1, 0.15) is 11.4 Å². The third kappa shape index (κ3) is 4.69. The number of benzene rings is 2. The van der Waals surface area contributed by atoms with Crippen molar-refractivity contribution in [2.75, 3.05) is 31.1 Å². The lowest BCUT2D eigenvalue weighted by Crippen LogP contribution is -2.49. The van der Waals surface area contributed by atoms with Crippen molar-refractivity contribution in [3.63, 3.8) is 0 Å². The Morgan fingerprint density at radius 2 is 1.68 bits per heavy atom. The van der Waals surface area contributed by atoms with Gasteiger partial charge in [0.15, 0.2) is 0 Å². The van der Waals surface area contributed by atoms with Gasteiger partial charge in [-0.3, -0.25) is 4.79 Å². The van der Waals surface area contributed by atoms with E-state index in [1.54, 1.807) is 18.3 Å². The van der Waals surface area contributed by atoms with Gasteiger partial charge in [-0.1, -0.05) is 35.9 Å². The van der Waals surface area contributed by atoms with Crippen LogP contribution in [0.25, 0.3) is 16.9 Å². The van der Waals surface area contributed by atoms with Gasteiger partial charge in [0, 0.05) is 49.8 Å². The lowest BCUT2D eigenvalue weighted by Gasteiger charge is -2.35. The molecule has 0 N–H and O–H groups in total. The smallest absolute Gasteiger partial charge is 0.230 e. The van der Waals surface area contributed by atoms with Gasteiger partial charge >= 0.3 is 0 Å². The van der Waals surface area contributed by atoms with Crippen LogP contribution < -0.4 is 4.90 Å². The standard InChI is InChI=1S/C27H26FN5O/c1-20-5-7-21(8-6-20)24-19-33(23-11-9-22(28)10-12-23)26(30-24)18-27(34)32-16-14-31(15-17-32)25-4-2-3-13-29-25/h2-13,19H,14-18H2,1H3. The summed E-state index contributed by atoms with van der Waals surface area (Å²) in [5.41, 5.74) is 3.70. The summed E-state index contributed by atoms with van der Waals surface area (Å²) in [7, 11) is 0. The van der Waals surface area contributed by atoms with Crippen molar-refractivity contribution in [2.45, 2.75) is 13.3 Å². The third-order valence-electron chi connectivity index (χ3n) is 6.15. The minimum absolute atomic E-state index is 0.0325. The first kappa shape index (κ1) is 21.8. The first-order valence-corrected chi connectivity index (χ1v) is 11.4. The van der Waals surface area contributed by atoms with Crippen molar-refractivity contribution in [1.82, 2.24) is 19.4 Å². The van der Waals surface area contributed by atoms with Gasteiger partial charge in [-0.25, -0.2) is 14.4 Å². The second-order valence-corrected chi connectivity index (χ2v) is 8.49. The summed E-state index contributed by atoms with van der Waals surface area (Å²) in [6.07, 6.45) is 3.88. The summed E-state index contributed by atoms with van der Waals surface area (Å²) >= 11 is 0. The Labute approximate surface area is 198 Å². The number of pyridine rings is 1. The summed E-state index contributed by atoms with van der Waals surface area (Å²) in [5, 5.41) is 0. The molecular formula is C27H26FN5O. The fraction of sp³-hybridized carbons (Fsp3) is 0.222. The second-order valence-electron chi connectivity index (χ2n) is 8.49. The fourth-order valence-corrected chi connectivity index (χ4v) is 4.20. The van der Waals surface area contributed by atoms with Crippen LogP contribution in [-0.4, -0.2) is 51.5 Å². The molecule has 3 heterocycles. The zero-order valence-corrected chi connectivity index (χ0v) is 19.1. The van der Waals surface area contributed by atoms with Gasteiger partial charge < -0.3 is 14.4 Å². The summed E-state index contributed by atoms with van der Waals surface area (Å²) in [5.74, 6) is 1.31. The highest BCUT2D eigenvalue weighted by atomic mass is 19.1. The summed E-state index contributed by atoms with van der Waals surface area (Å²) in [6.45, 7) is 4.79. The molecule has 1 amide bonds. The molecule has 172 valence electrons. The largest absolute Gasteiger partial charge is 0.353 e. The van der Waals surface area contributed by atoms with Gasteiger partial charge in [0.25, 0.3) is 0 Å². The van der Waals surface area contributed by atoms with Crippen LogP contribution in [0.4, 0.5) is 10.2 Å². The van der Waals surface area contributed by atoms with Crippen LogP contribution in [0, 0.1) is 12.7 Å². The molecule has 1 aliphatic heterocycles. The number of halogens is 1. The van der Waals surface area contributed by atoms with Crippen LogP contribution in [0.5, 0.6) is 0 Å². The number of amides is 1. The molecule has 0 radical (unpaired) electrons. The normalized spacial score (nSPS) is 13.8. The lowest BCUT2D eigenvalue weighted by molar-refractivity contribution is -0.130. The molecule has 1 aliphatic rings. The average Bonchev–Trinajstić information content (AvgIpc) is 3.29. The van der Waals surface area contributed by atoms with Gasteiger partial charge in [0.1, 0.15) is 17.5 Å². The number of hydrogen-bond acceptors (Lipinski definition) is 4. The van der Waals surface area contributed by atoms with Crippen LogP contribution >= 0.6 is 0 Å². The van der Waals surface area contributed by atoms with Gasteiger partial charge in [-0.2, -0.15) is 0 Å². The number of aromatic nitrogens is 3. The first-order chi connectivity index (χ1) is 16.6. The Morgan fingerprint density at radius 1 is 0.941 bits per heavy atom. The molecule has 2 aromatic heterocycles. The fourth-order valence-electron chi connectivity index (χ4n) is 4.20. The van der Waals surface area contributed by atoms with E-state index in [9.17, 15) is 9.18 Å². The monoisotopic (exact) mass is 455 g/mol. The maximum absolute atomic E-state index is 13.5. The zero-order valence-electron chi connectivity index (χ0n) is 19.1. The third-order valence-corrected chi connectivity index (χ3v) is 6.15. The number of carbonyl (C=O) groups excluding carboxylic acids is 1. The number of imidazole rings is 1. The van der Waals surface area contributed by atoms with Gasteiger partial charge in [-0.05, 0) is 43.3 Å². The Kier molecular flexibility index (Phi) is 6.08. The quantitative estimate of drug-likeness (QED) is 0.451. The molecule has 0 spiro atoms. The van der Waals surface area contributed by atoms with E-state index in [-0.39, 0.29) is 18.1 Å². The first-order valence-electron chi connectivity index (χ1n) is 11.4. The molecule has 0 saturated carbocycles. The van der Waals surface area contributed by atoms with Crippen molar-refractivity contribution < 1.29 is 9.18 Å². The molecule has 0 aliphatic carbocycles. The van der Waals surface area contributed by atoms with E-state index < -0.39 is 0 Å². The molecule has 0 atom stereocenters. The molecule has 34 heavy (non-hydrogen) atoms. The predicted octanol–water partition coefficient (Wildman–Crippen LogP) is 4.27. The number of nitrogens with zero attached hydrogens (tertiary/aromatic N) is 5. The molecule has 4 aromatic rings. The van der Waals surface area contributed by atoms with Crippen molar-refractivity contribution in [1.29, 1.82) is 0 Å². The van der Waals surface area contributed by atoms with Crippen LogP contribution in [-0.2, 0) is 11.2 Å². The Morgan fingerprint density at radius 3 is 2.35 bits per heavy atom. The number of carbonyl (C=O) groups is 1. The van der Waals surface area contributed by atoms with E-state index >= 15 is 0 Å². The maximum atomic E-state index is 13.5. The Hall–Kier alpha value is -4.00. The van der Waals surface area contributed by atoms with E-state index in [2.05, 4.69) is 9.88 Å². The molecule has 5 rings (SSSR count). The Balaban J connectivity index is 1.36. The molecule has 6 nitrogen and oxygen atoms in total. The van der Waals surface area contributed by atoms with Crippen molar-refractivity contribution in [2.24, 2.45) is 0 Å². The molecule has 0 bridgehead atoms. The van der Waals surface area contributed by atoms with Crippen molar-refractivity contribution in [3.8, 4) is 16.9 Å². The highest BCUT2D eigenvalue weighted by molar-refractivity contribution is 5.79. The van der Waals surface area contributed by atoms with Gasteiger partial charge in [0.2, 0.25) is 5.91 Å². The number of piperazine rings is 1. The molecule has 0 unspecified atom stereocenters. The summed E-state index contributed by atoms with van der Waals surface area (Å²) in [4.78, 5) is 26.5. The van der Waals surface area contributed by atoms with E-state index in [4.69, 9.17) is 4.98 Å². The molecular weight excluding hydrogens is 429 g/mol. The minimum atomic E-state index is -0.300. The van der Waals surface area contributed by atoms with Crippen LogP contribution in [0.2, 0.25) is 0 Å². The van der Waals surface area contributed by atoms with Crippen LogP contribution in [0.3, 0.4) is 0 Å². The summed E-state index contributed by atoms with van der Waals surface area (Å²) < 4.78 is 15.4. The Bertz CT molecular complexity index is 1260. The molecule has 1 saturated heterocycles. The maximum Gasteiger partial charge on any atom is 0.230 e. The van der Waals surface area contributed by atoms with E-state index in [1.807, 2.05) is 65.1 Å². The highest BCUT2D eigenvalue weighted by Gasteiger charge is 2.24.